The van der Waals surface area contributed by atoms with Crippen molar-refractivity contribution in [2.24, 2.45) is 11.8 Å². The molecule has 0 bridgehead atoms. The van der Waals surface area contributed by atoms with Gasteiger partial charge in [0.1, 0.15) is 0 Å². The summed E-state index contributed by atoms with van der Waals surface area (Å²) in [4.78, 5) is 22.2. The van der Waals surface area contributed by atoms with Crippen LogP contribution in [0.1, 0.15) is 78.1 Å². The maximum atomic E-state index is 11.1. The second kappa shape index (κ2) is 11.7. The van der Waals surface area contributed by atoms with Crippen LogP contribution in [0.3, 0.4) is 0 Å². The molecule has 0 aromatic rings. The van der Waals surface area contributed by atoms with Crippen LogP contribution in [-0.2, 0) is 9.59 Å². The van der Waals surface area contributed by atoms with Gasteiger partial charge in [0.05, 0.1) is 11.8 Å². The predicted octanol–water partition coefficient (Wildman–Crippen LogP) is 4.33. The molecule has 20 heavy (non-hydrogen) atoms. The number of carboxylic acids is 2. The van der Waals surface area contributed by atoms with Crippen LogP contribution in [-0.4, -0.2) is 22.2 Å². The Bertz CT molecular complexity index is 248. The van der Waals surface area contributed by atoms with Crippen LogP contribution >= 0.6 is 0 Å². The van der Waals surface area contributed by atoms with Gasteiger partial charge in [0.25, 0.3) is 0 Å². The predicted molar refractivity (Wildman–Crippen MR) is 79.8 cm³/mol. The molecule has 0 aliphatic heterocycles. The van der Waals surface area contributed by atoms with Gasteiger partial charge in [-0.3, -0.25) is 9.59 Å². The van der Waals surface area contributed by atoms with Crippen molar-refractivity contribution in [2.75, 3.05) is 0 Å². The maximum absolute atomic E-state index is 11.1. The molecular weight excluding hydrogens is 256 g/mol. The molecule has 118 valence electrons. The van der Waals surface area contributed by atoms with Crippen LogP contribution in [0.2, 0.25) is 0 Å². The monoisotopic (exact) mass is 286 g/mol. The quantitative estimate of drug-likeness (QED) is 0.494. The van der Waals surface area contributed by atoms with Crippen LogP contribution in [0.5, 0.6) is 0 Å². The van der Waals surface area contributed by atoms with Crippen molar-refractivity contribution in [2.45, 2.75) is 78.1 Å². The molecule has 0 amide bonds. The number of aliphatic carboxylic acids is 2. The van der Waals surface area contributed by atoms with Crippen LogP contribution < -0.4 is 0 Å². The molecule has 0 aliphatic carbocycles. The van der Waals surface area contributed by atoms with E-state index < -0.39 is 11.9 Å². The lowest BCUT2D eigenvalue weighted by molar-refractivity contribution is -0.143. The van der Waals surface area contributed by atoms with Crippen molar-refractivity contribution < 1.29 is 19.8 Å². The highest BCUT2D eigenvalue weighted by Gasteiger charge is 2.18. The van der Waals surface area contributed by atoms with Crippen molar-refractivity contribution in [3.05, 3.63) is 0 Å². The third-order valence-electron chi connectivity index (χ3n) is 3.87. The third kappa shape index (κ3) is 8.94. The maximum Gasteiger partial charge on any atom is 0.306 e. The lowest BCUT2D eigenvalue weighted by atomic mass is 9.92. The molecule has 0 fully saturated rings. The molecule has 0 aromatic carbocycles. The Kier molecular flexibility index (Phi) is 11.1. The molecule has 0 saturated carbocycles. The van der Waals surface area contributed by atoms with Crippen LogP contribution in [0.15, 0.2) is 0 Å². The van der Waals surface area contributed by atoms with Gasteiger partial charge in [-0.25, -0.2) is 0 Å². The van der Waals surface area contributed by atoms with Crippen molar-refractivity contribution in [1.29, 1.82) is 0 Å². The van der Waals surface area contributed by atoms with Gasteiger partial charge in [-0.1, -0.05) is 52.4 Å². The first-order valence-corrected chi connectivity index (χ1v) is 7.98. The highest BCUT2D eigenvalue weighted by atomic mass is 16.4. The van der Waals surface area contributed by atoms with Crippen molar-refractivity contribution in [3.63, 3.8) is 0 Å². The fraction of sp³-hybridized carbons (Fsp3) is 0.875. The first kappa shape index (κ1) is 18.9. The fourth-order valence-corrected chi connectivity index (χ4v) is 2.47. The van der Waals surface area contributed by atoms with Gasteiger partial charge in [0.15, 0.2) is 0 Å². The SMILES string of the molecule is CCCCC(CCCCC(CCCC)C(=O)O)C(=O)O. The average molecular weight is 286 g/mol. The fourth-order valence-electron chi connectivity index (χ4n) is 2.47. The van der Waals surface area contributed by atoms with Gasteiger partial charge in [-0.2, -0.15) is 0 Å². The second-order valence-electron chi connectivity index (χ2n) is 5.64. The smallest absolute Gasteiger partial charge is 0.306 e. The van der Waals surface area contributed by atoms with Crippen LogP contribution in [0, 0.1) is 11.8 Å². The standard InChI is InChI=1S/C16H30O4/c1-3-5-9-13(15(17)18)11-7-8-12-14(16(19)20)10-6-4-2/h13-14H,3-12H2,1-2H3,(H,17,18)(H,19,20). The zero-order valence-corrected chi connectivity index (χ0v) is 12.9. The minimum atomic E-state index is -0.709. The number of carboxylic acid groups (broad SMARTS) is 2. The number of hydrogen-bond donors (Lipinski definition) is 2. The molecule has 0 saturated heterocycles. The number of hydrogen-bond acceptors (Lipinski definition) is 2. The third-order valence-corrected chi connectivity index (χ3v) is 3.87. The van der Waals surface area contributed by atoms with E-state index in [0.717, 1.165) is 51.4 Å². The van der Waals surface area contributed by atoms with E-state index >= 15 is 0 Å². The number of carbonyl (C=O) groups is 2. The normalized spacial score (nSPS) is 13.9. The highest BCUT2D eigenvalue weighted by molar-refractivity contribution is 5.70. The highest BCUT2D eigenvalue weighted by Crippen LogP contribution is 2.21. The summed E-state index contributed by atoms with van der Waals surface area (Å²) in [5.74, 6) is -1.93. The Morgan fingerprint density at radius 1 is 0.700 bits per heavy atom. The Hall–Kier alpha value is -1.06. The lowest BCUT2D eigenvalue weighted by Crippen LogP contribution is -2.15. The van der Waals surface area contributed by atoms with E-state index in [4.69, 9.17) is 10.2 Å². The molecular formula is C16H30O4. The zero-order chi connectivity index (χ0) is 15.4. The minimum Gasteiger partial charge on any atom is -0.481 e. The molecule has 0 aliphatic rings. The van der Waals surface area contributed by atoms with E-state index in [0.29, 0.717) is 12.8 Å². The zero-order valence-electron chi connectivity index (χ0n) is 12.9. The van der Waals surface area contributed by atoms with Crippen molar-refractivity contribution >= 4 is 11.9 Å². The molecule has 0 rings (SSSR count). The largest absolute Gasteiger partial charge is 0.481 e. The van der Waals surface area contributed by atoms with Gasteiger partial charge >= 0.3 is 11.9 Å². The summed E-state index contributed by atoms with van der Waals surface area (Å²) in [7, 11) is 0. The first-order chi connectivity index (χ1) is 9.52. The van der Waals surface area contributed by atoms with E-state index in [9.17, 15) is 9.59 Å². The summed E-state index contributed by atoms with van der Waals surface area (Å²) in [5.41, 5.74) is 0. The topological polar surface area (TPSA) is 74.6 Å². The summed E-state index contributed by atoms with van der Waals surface area (Å²) in [5, 5.41) is 18.2. The van der Waals surface area contributed by atoms with Crippen LogP contribution in [0.4, 0.5) is 0 Å². The lowest BCUT2D eigenvalue weighted by Gasteiger charge is -2.14. The Morgan fingerprint density at radius 3 is 1.25 bits per heavy atom. The average Bonchev–Trinajstić information content (AvgIpc) is 2.40. The Morgan fingerprint density at radius 2 is 1.00 bits per heavy atom. The number of unbranched alkanes of at least 4 members (excludes halogenated alkanes) is 3. The van der Waals surface area contributed by atoms with E-state index in [2.05, 4.69) is 13.8 Å². The summed E-state index contributed by atoms with van der Waals surface area (Å²) in [6, 6.07) is 0. The van der Waals surface area contributed by atoms with E-state index in [1.165, 1.54) is 0 Å². The molecule has 4 heteroatoms. The minimum absolute atomic E-state index is 0.256. The first-order valence-electron chi connectivity index (χ1n) is 7.98. The van der Waals surface area contributed by atoms with Gasteiger partial charge < -0.3 is 10.2 Å². The second-order valence-corrected chi connectivity index (χ2v) is 5.64. The van der Waals surface area contributed by atoms with Gasteiger partial charge in [0, 0.05) is 0 Å². The Labute approximate surface area is 122 Å². The van der Waals surface area contributed by atoms with Crippen molar-refractivity contribution in [3.8, 4) is 0 Å². The number of rotatable bonds is 13. The molecule has 2 unspecified atom stereocenters. The van der Waals surface area contributed by atoms with Gasteiger partial charge in [-0.05, 0) is 25.7 Å². The molecule has 4 nitrogen and oxygen atoms in total. The van der Waals surface area contributed by atoms with E-state index in [-0.39, 0.29) is 11.8 Å². The molecule has 2 N–H and O–H groups in total. The summed E-state index contributed by atoms with van der Waals surface area (Å²) < 4.78 is 0. The summed E-state index contributed by atoms with van der Waals surface area (Å²) in [6.45, 7) is 4.12. The molecule has 0 aromatic heterocycles. The van der Waals surface area contributed by atoms with Crippen LogP contribution in [0.25, 0.3) is 0 Å². The Balaban J connectivity index is 3.94. The van der Waals surface area contributed by atoms with Crippen molar-refractivity contribution in [1.82, 2.24) is 0 Å². The molecule has 2 atom stereocenters. The molecule has 0 radical (unpaired) electrons. The summed E-state index contributed by atoms with van der Waals surface area (Å²) >= 11 is 0. The summed E-state index contributed by atoms with van der Waals surface area (Å²) in [6.07, 6.45) is 8.40. The van der Waals surface area contributed by atoms with Gasteiger partial charge in [0.2, 0.25) is 0 Å². The van der Waals surface area contributed by atoms with E-state index in [1.807, 2.05) is 0 Å². The van der Waals surface area contributed by atoms with Gasteiger partial charge in [-0.15, -0.1) is 0 Å². The van der Waals surface area contributed by atoms with E-state index in [1.54, 1.807) is 0 Å². The molecule has 0 heterocycles. The molecule has 0 spiro atoms.